The molecule has 4 aliphatic rings. The molecule has 2 aromatic carbocycles. The zero-order valence-electron chi connectivity index (χ0n) is 20.7. The van der Waals surface area contributed by atoms with Gasteiger partial charge in [-0.25, -0.2) is 9.98 Å². The quantitative estimate of drug-likeness (QED) is 0.306. The molecule has 0 radical (unpaired) electrons. The molecule has 3 nitrogen and oxygen atoms in total. The summed E-state index contributed by atoms with van der Waals surface area (Å²) in [6, 6.07) is 14.9. The van der Waals surface area contributed by atoms with E-state index in [1.54, 1.807) is 5.57 Å². The highest BCUT2D eigenvalue weighted by atomic mass is 32.1. The second-order valence-corrected chi connectivity index (χ2v) is 13.0. The molecule has 0 aliphatic heterocycles. The molecule has 35 heavy (non-hydrogen) atoms. The van der Waals surface area contributed by atoms with E-state index in [9.17, 15) is 5.11 Å². The van der Waals surface area contributed by atoms with E-state index in [4.69, 9.17) is 9.98 Å². The number of aliphatic hydroxyl groups excluding tert-OH is 1. The van der Waals surface area contributed by atoms with E-state index in [-0.39, 0.29) is 11.5 Å². The topological polar surface area (TPSA) is 45.5 Å². The number of fused-ring (bicyclic) bond motifs is 8. The lowest BCUT2D eigenvalue weighted by molar-refractivity contribution is -0.0169. The zero-order chi connectivity index (χ0) is 23.8. The van der Waals surface area contributed by atoms with Crippen molar-refractivity contribution in [2.45, 2.75) is 70.3 Å². The molecule has 0 bridgehead atoms. The molecule has 2 saturated carbocycles. The molecule has 1 heterocycles. The van der Waals surface area contributed by atoms with E-state index in [1.807, 2.05) is 17.6 Å². The lowest BCUT2D eigenvalue weighted by atomic mass is 9.48. The van der Waals surface area contributed by atoms with E-state index in [2.05, 4.69) is 62.4 Å². The fraction of sp³-hybridized carbons (Fsp3) is 0.484. The Morgan fingerprint density at radius 1 is 1.00 bits per heavy atom. The van der Waals surface area contributed by atoms with Crippen molar-refractivity contribution in [1.29, 1.82) is 0 Å². The van der Waals surface area contributed by atoms with Crippen molar-refractivity contribution < 1.29 is 5.11 Å². The maximum Gasteiger partial charge on any atom is 0.209 e. The summed E-state index contributed by atoms with van der Waals surface area (Å²) < 4.78 is 0. The van der Waals surface area contributed by atoms with Crippen molar-refractivity contribution in [2.75, 3.05) is 0 Å². The minimum absolute atomic E-state index is 0.129. The van der Waals surface area contributed by atoms with Crippen LogP contribution in [0.25, 0.3) is 10.8 Å². The van der Waals surface area contributed by atoms with E-state index >= 15 is 0 Å². The highest BCUT2D eigenvalue weighted by Crippen LogP contribution is 2.64. The first-order valence-corrected chi connectivity index (χ1v) is 14.2. The van der Waals surface area contributed by atoms with Gasteiger partial charge in [0.1, 0.15) is 0 Å². The first kappa shape index (κ1) is 21.9. The Morgan fingerprint density at radius 3 is 2.74 bits per heavy atom. The summed E-state index contributed by atoms with van der Waals surface area (Å²) in [4.78, 5) is 11.5. The Morgan fingerprint density at radius 2 is 1.83 bits per heavy atom. The monoisotopic (exact) mass is 482 g/mol. The lowest BCUT2D eigenvalue weighted by Crippen LogP contribution is -2.51. The van der Waals surface area contributed by atoms with Crippen LogP contribution >= 0.6 is 11.3 Å². The minimum Gasteiger partial charge on any atom is -0.393 e. The second-order valence-electron chi connectivity index (χ2n) is 11.9. The van der Waals surface area contributed by atoms with Crippen LogP contribution in [-0.2, 0) is 11.8 Å². The minimum atomic E-state index is -0.129. The van der Waals surface area contributed by atoms with Gasteiger partial charge in [0.25, 0.3) is 0 Å². The maximum absolute atomic E-state index is 10.3. The summed E-state index contributed by atoms with van der Waals surface area (Å²) in [6.07, 6.45) is 12.3. The molecule has 0 amide bonds. The number of thiazole rings is 1. The first-order valence-electron chi connectivity index (χ1n) is 13.4. The molecule has 2 fully saturated rings. The van der Waals surface area contributed by atoms with Gasteiger partial charge in [0, 0.05) is 22.1 Å². The highest BCUT2D eigenvalue weighted by Gasteiger charge is 2.58. The number of hydrogen-bond acceptors (Lipinski definition) is 4. The largest absolute Gasteiger partial charge is 0.393 e. The van der Waals surface area contributed by atoms with Crippen LogP contribution in [0, 0.1) is 23.2 Å². The fourth-order valence-corrected chi connectivity index (χ4v) is 9.40. The van der Waals surface area contributed by atoms with Gasteiger partial charge in [-0.3, -0.25) is 0 Å². The lowest BCUT2D eigenvalue weighted by Gasteiger charge is -2.57. The van der Waals surface area contributed by atoms with E-state index < -0.39 is 0 Å². The predicted molar refractivity (Wildman–Crippen MR) is 145 cm³/mol. The van der Waals surface area contributed by atoms with Crippen molar-refractivity contribution in [2.24, 2.45) is 28.2 Å². The molecule has 0 spiro atoms. The smallest absolute Gasteiger partial charge is 0.209 e. The molecule has 7 rings (SSSR count). The van der Waals surface area contributed by atoms with Crippen LogP contribution in [0.1, 0.15) is 68.5 Å². The summed E-state index contributed by atoms with van der Waals surface area (Å²) in [6.45, 7) is 5.00. The van der Waals surface area contributed by atoms with Gasteiger partial charge in [0.05, 0.1) is 11.8 Å². The maximum atomic E-state index is 10.3. The normalized spacial score (nSPS) is 35.9. The Balaban J connectivity index is 1.17. The number of aliphatic hydroxyl groups is 1. The van der Waals surface area contributed by atoms with Crippen molar-refractivity contribution in [3.05, 3.63) is 70.2 Å². The molecule has 1 N–H and O–H groups in total. The average Bonchev–Trinajstić information content (AvgIpc) is 3.40. The van der Waals surface area contributed by atoms with Gasteiger partial charge < -0.3 is 5.11 Å². The summed E-state index contributed by atoms with van der Waals surface area (Å²) in [5.74, 6) is 2.18. The second kappa shape index (κ2) is 7.85. The van der Waals surface area contributed by atoms with Gasteiger partial charge in [0.2, 0.25) is 5.13 Å². The van der Waals surface area contributed by atoms with Gasteiger partial charge >= 0.3 is 0 Å². The summed E-state index contributed by atoms with van der Waals surface area (Å²) in [7, 11) is 0. The molecule has 0 saturated heterocycles. The third kappa shape index (κ3) is 3.25. The number of hydrogen-bond donors (Lipinski definition) is 1. The Hall–Kier alpha value is -2.30. The molecular formula is C31H34N2OS. The Bertz CT molecular complexity index is 1370. The van der Waals surface area contributed by atoms with Gasteiger partial charge in [-0.1, -0.05) is 79.3 Å². The van der Waals surface area contributed by atoms with Crippen LogP contribution in [0.15, 0.2) is 59.1 Å². The van der Waals surface area contributed by atoms with Crippen LogP contribution in [0.2, 0.25) is 0 Å². The number of rotatable bonds is 2. The molecular weight excluding hydrogens is 448 g/mol. The van der Waals surface area contributed by atoms with E-state index in [0.717, 1.165) is 48.2 Å². The van der Waals surface area contributed by atoms with Gasteiger partial charge in [0.15, 0.2) is 0 Å². The van der Waals surface area contributed by atoms with Crippen LogP contribution in [0.4, 0.5) is 5.13 Å². The average molecular weight is 483 g/mol. The van der Waals surface area contributed by atoms with Crippen molar-refractivity contribution >= 4 is 33.5 Å². The summed E-state index contributed by atoms with van der Waals surface area (Å²) >= 11 is 1.82. The van der Waals surface area contributed by atoms with Crippen LogP contribution < -0.4 is 0 Å². The first-order chi connectivity index (χ1) is 17.0. The zero-order valence-corrected chi connectivity index (χ0v) is 21.5. The number of aromatic nitrogens is 1. The third-order valence-corrected chi connectivity index (χ3v) is 11.2. The molecule has 6 unspecified atom stereocenters. The molecule has 6 atom stereocenters. The molecule has 4 heteroatoms. The molecule has 3 aromatic rings. The van der Waals surface area contributed by atoms with Crippen molar-refractivity contribution in [3.63, 3.8) is 0 Å². The van der Waals surface area contributed by atoms with Crippen LogP contribution in [0.3, 0.4) is 0 Å². The molecule has 180 valence electrons. The molecule has 1 aromatic heterocycles. The Kier molecular flexibility index (Phi) is 4.92. The SMILES string of the molecule is CC12CCC(O)CC1=CCC1C2CCC2(C)c3nc(/N=C/c4cccc5ccccc45)sc3CC12. The third-order valence-electron chi connectivity index (χ3n) is 10.2. The van der Waals surface area contributed by atoms with Crippen molar-refractivity contribution in [1.82, 2.24) is 4.98 Å². The highest BCUT2D eigenvalue weighted by molar-refractivity contribution is 7.15. The van der Waals surface area contributed by atoms with Crippen LogP contribution in [0.5, 0.6) is 0 Å². The fourth-order valence-electron chi connectivity index (χ4n) is 8.30. The summed E-state index contributed by atoms with van der Waals surface area (Å²) in [5.41, 5.74) is 4.52. The van der Waals surface area contributed by atoms with Gasteiger partial charge in [-0.15, -0.1) is 0 Å². The molecule has 4 aliphatic carbocycles. The summed E-state index contributed by atoms with van der Waals surface area (Å²) in [5, 5.41) is 13.7. The van der Waals surface area contributed by atoms with Crippen LogP contribution in [-0.4, -0.2) is 22.4 Å². The standard InChI is InChI=1S/C31H34N2OS/c1-30-14-12-22(34)16-21(30)10-11-24-25(30)13-15-31(2)26(24)17-27-28(31)33-29(35-27)32-18-20-8-5-7-19-6-3-4-9-23(19)20/h3-10,18,22,24-26,34H,11-17H2,1-2H3/b32-18+. The van der Waals surface area contributed by atoms with Gasteiger partial charge in [-0.05, 0) is 78.9 Å². The number of nitrogens with zero attached hydrogens (tertiary/aromatic N) is 2. The Labute approximate surface area is 212 Å². The van der Waals surface area contributed by atoms with E-state index in [1.165, 1.54) is 40.6 Å². The van der Waals surface area contributed by atoms with Crippen molar-refractivity contribution in [3.8, 4) is 0 Å². The predicted octanol–water partition coefficient (Wildman–Crippen LogP) is 7.38. The number of aliphatic imine (C=N–C) groups is 1. The van der Waals surface area contributed by atoms with E-state index in [0.29, 0.717) is 11.3 Å². The number of allylic oxidation sites excluding steroid dienone is 1. The number of benzene rings is 2. The van der Waals surface area contributed by atoms with Gasteiger partial charge in [-0.2, -0.15) is 0 Å².